The minimum atomic E-state index is -1.23. The van der Waals surface area contributed by atoms with Crippen molar-refractivity contribution < 1.29 is 19.8 Å². The van der Waals surface area contributed by atoms with Crippen LogP contribution in [0.15, 0.2) is 0 Å². The van der Waals surface area contributed by atoms with Crippen molar-refractivity contribution in [2.24, 2.45) is 5.92 Å². The first-order valence-electron chi connectivity index (χ1n) is 10.0. The molecular formula is C20H38O4. The third-order valence-electron chi connectivity index (χ3n) is 4.69. The van der Waals surface area contributed by atoms with Gasteiger partial charge in [-0.3, -0.25) is 9.59 Å². The fraction of sp³-hybridized carbons (Fsp3) is 0.900. The lowest BCUT2D eigenvalue weighted by atomic mass is 10.00. The molecule has 0 aliphatic rings. The number of carbonyl (C=O) groups is 2. The minimum absolute atomic E-state index is 0.253. The molecule has 0 rings (SSSR count). The average Bonchev–Trinajstić information content (AvgIpc) is 2.53. The summed E-state index contributed by atoms with van der Waals surface area (Å²) in [6.07, 6.45) is 19.0. The summed E-state index contributed by atoms with van der Waals surface area (Å²) in [5, 5.41) is 17.6. The van der Waals surface area contributed by atoms with Crippen LogP contribution in [-0.2, 0) is 9.59 Å². The lowest BCUT2D eigenvalue weighted by Crippen LogP contribution is -2.23. The molecule has 0 radical (unpaired) electrons. The van der Waals surface area contributed by atoms with Gasteiger partial charge >= 0.3 is 11.9 Å². The zero-order valence-corrected chi connectivity index (χ0v) is 15.6. The third kappa shape index (κ3) is 14.5. The molecule has 0 saturated carbocycles. The fourth-order valence-electron chi connectivity index (χ4n) is 3.07. The van der Waals surface area contributed by atoms with E-state index in [1.165, 1.54) is 77.0 Å². The van der Waals surface area contributed by atoms with Crippen LogP contribution in [0, 0.1) is 5.92 Å². The van der Waals surface area contributed by atoms with E-state index in [0.29, 0.717) is 6.42 Å². The highest BCUT2D eigenvalue weighted by molar-refractivity contribution is 5.92. The normalized spacial score (nSPS) is 11.1. The van der Waals surface area contributed by atoms with E-state index in [4.69, 9.17) is 10.2 Å². The van der Waals surface area contributed by atoms with Gasteiger partial charge in [0.2, 0.25) is 0 Å². The van der Waals surface area contributed by atoms with Gasteiger partial charge in [0, 0.05) is 0 Å². The zero-order chi connectivity index (χ0) is 18.0. The van der Waals surface area contributed by atoms with Gasteiger partial charge in [0.05, 0.1) is 0 Å². The molecule has 0 saturated heterocycles. The lowest BCUT2D eigenvalue weighted by molar-refractivity contribution is -0.154. The minimum Gasteiger partial charge on any atom is -0.481 e. The molecule has 24 heavy (non-hydrogen) atoms. The van der Waals surface area contributed by atoms with E-state index >= 15 is 0 Å². The number of hydrogen-bond donors (Lipinski definition) is 2. The lowest BCUT2D eigenvalue weighted by Gasteiger charge is -2.07. The Morgan fingerprint density at radius 1 is 0.583 bits per heavy atom. The molecule has 0 aromatic heterocycles. The second kappa shape index (κ2) is 16.8. The number of rotatable bonds is 18. The van der Waals surface area contributed by atoms with Gasteiger partial charge in [0.25, 0.3) is 0 Å². The van der Waals surface area contributed by atoms with Gasteiger partial charge in [-0.15, -0.1) is 0 Å². The maximum atomic E-state index is 10.7. The molecule has 0 unspecified atom stereocenters. The molecule has 0 heterocycles. The van der Waals surface area contributed by atoms with E-state index in [9.17, 15) is 9.59 Å². The Hall–Kier alpha value is -1.06. The number of hydrogen-bond acceptors (Lipinski definition) is 2. The Balaban J connectivity index is 3.23. The van der Waals surface area contributed by atoms with Crippen LogP contribution >= 0.6 is 0 Å². The molecule has 4 heteroatoms. The van der Waals surface area contributed by atoms with Gasteiger partial charge in [-0.25, -0.2) is 0 Å². The molecule has 142 valence electrons. The van der Waals surface area contributed by atoms with Crippen molar-refractivity contribution >= 4 is 11.9 Å². The number of unbranched alkanes of at least 4 members (excludes halogenated alkanes) is 14. The summed E-state index contributed by atoms with van der Waals surface area (Å²) < 4.78 is 0. The smallest absolute Gasteiger partial charge is 0.317 e. The predicted octanol–water partition coefficient (Wildman–Crippen LogP) is 6.03. The maximum absolute atomic E-state index is 10.7. The monoisotopic (exact) mass is 342 g/mol. The first-order chi connectivity index (χ1) is 11.6. The highest BCUT2D eigenvalue weighted by Gasteiger charge is 2.24. The van der Waals surface area contributed by atoms with Gasteiger partial charge in [-0.05, 0) is 6.42 Å². The summed E-state index contributed by atoms with van der Waals surface area (Å²) >= 11 is 0. The Bertz CT molecular complexity index is 301. The first kappa shape index (κ1) is 22.9. The Kier molecular flexibility index (Phi) is 16.0. The molecule has 0 fully saturated rings. The molecular weight excluding hydrogens is 304 g/mol. The van der Waals surface area contributed by atoms with Crippen LogP contribution in [0.4, 0.5) is 0 Å². The highest BCUT2D eigenvalue weighted by atomic mass is 16.4. The second-order valence-electron chi connectivity index (χ2n) is 6.97. The Morgan fingerprint density at radius 3 is 1.17 bits per heavy atom. The van der Waals surface area contributed by atoms with Crippen molar-refractivity contribution in [2.45, 2.75) is 110 Å². The van der Waals surface area contributed by atoms with Crippen molar-refractivity contribution in [3.63, 3.8) is 0 Å². The number of aliphatic carboxylic acids is 2. The van der Waals surface area contributed by atoms with Crippen molar-refractivity contribution in [1.82, 2.24) is 0 Å². The van der Waals surface area contributed by atoms with Gasteiger partial charge < -0.3 is 10.2 Å². The van der Waals surface area contributed by atoms with Crippen molar-refractivity contribution in [1.29, 1.82) is 0 Å². The van der Waals surface area contributed by atoms with E-state index in [-0.39, 0.29) is 6.42 Å². The molecule has 0 spiro atoms. The van der Waals surface area contributed by atoms with Gasteiger partial charge in [0.15, 0.2) is 5.92 Å². The maximum Gasteiger partial charge on any atom is 0.317 e. The van der Waals surface area contributed by atoms with Crippen LogP contribution in [0.2, 0.25) is 0 Å². The van der Waals surface area contributed by atoms with Gasteiger partial charge in [0.1, 0.15) is 0 Å². The van der Waals surface area contributed by atoms with Crippen LogP contribution in [-0.4, -0.2) is 22.2 Å². The molecule has 2 N–H and O–H groups in total. The van der Waals surface area contributed by atoms with Gasteiger partial charge in [-0.1, -0.05) is 103 Å². The highest BCUT2D eigenvalue weighted by Crippen LogP contribution is 2.15. The molecule has 0 aliphatic carbocycles. The van der Waals surface area contributed by atoms with Crippen molar-refractivity contribution in [2.75, 3.05) is 0 Å². The predicted molar refractivity (Wildman–Crippen MR) is 98.3 cm³/mol. The molecule has 0 atom stereocenters. The third-order valence-corrected chi connectivity index (χ3v) is 4.69. The zero-order valence-electron chi connectivity index (χ0n) is 15.6. The van der Waals surface area contributed by atoms with Crippen molar-refractivity contribution in [3.8, 4) is 0 Å². The molecule has 4 nitrogen and oxygen atoms in total. The molecule has 0 aromatic rings. The molecule has 0 aliphatic heterocycles. The van der Waals surface area contributed by atoms with Crippen LogP contribution in [0.5, 0.6) is 0 Å². The Morgan fingerprint density at radius 2 is 0.875 bits per heavy atom. The van der Waals surface area contributed by atoms with Crippen LogP contribution in [0.3, 0.4) is 0 Å². The quantitative estimate of drug-likeness (QED) is 0.235. The van der Waals surface area contributed by atoms with E-state index in [0.717, 1.165) is 12.8 Å². The van der Waals surface area contributed by atoms with Crippen LogP contribution in [0.25, 0.3) is 0 Å². The summed E-state index contributed by atoms with van der Waals surface area (Å²) in [6.45, 7) is 2.25. The number of carboxylic acid groups (broad SMARTS) is 2. The Labute approximate surface area is 148 Å². The van der Waals surface area contributed by atoms with Crippen molar-refractivity contribution in [3.05, 3.63) is 0 Å². The first-order valence-corrected chi connectivity index (χ1v) is 10.0. The molecule has 0 amide bonds. The van der Waals surface area contributed by atoms with E-state index < -0.39 is 17.9 Å². The summed E-state index contributed by atoms with van der Waals surface area (Å²) in [5.74, 6) is -3.66. The summed E-state index contributed by atoms with van der Waals surface area (Å²) in [4.78, 5) is 21.5. The standard InChI is InChI=1S/C20H38O4/c1-2-3-4-5-6-7-8-9-10-11-12-13-14-15-16-17-18(19(21)22)20(23)24/h18H,2-17H2,1H3,(H,21,22)(H,23,24). The summed E-state index contributed by atoms with van der Waals surface area (Å²) in [6, 6.07) is 0. The average molecular weight is 343 g/mol. The van der Waals surface area contributed by atoms with E-state index in [2.05, 4.69) is 6.92 Å². The van der Waals surface area contributed by atoms with Crippen LogP contribution < -0.4 is 0 Å². The topological polar surface area (TPSA) is 74.6 Å². The van der Waals surface area contributed by atoms with Gasteiger partial charge in [-0.2, -0.15) is 0 Å². The largest absolute Gasteiger partial charge is 0.481 e. The second-order valence-corrected chi connectivity index (χ2v) is 6.97. The SMILES string of the molecule is CCCCCCCCCCCCCCCCCC(C(=O)O)C(=O)O. The summed E-state index contributed by atoms with van der Waals surface area (Å²) in [5.41, 5.74) is 0. The number of carboxylic acids is 2. The van der Waals surface area contributed by atoms with E-state index in [1.807, 2.05) is 0 Å². The molecule has 0 aromatic carbocycles. The molecule has 0 bridgehead atoms. The summed E-state index contributed by atoms with van der Waals surface area (Å²) in [7, 11) is 0. The fourth-order valence-corrected chi connectivity index (χ4v) is 3.07. The van der Waals surface area contributed by atoms with E-state index in [1.54, 1.807) is 0 Å². The van der Waals surface area contributed by atoms with Crippen LogP contribution in [0.1, 0.15) is 110 Å².